The summed E-state index contributed by atoms with van der Waals surface area (Å²) in [5, 5.41) is 10.2. The maximum atomic E-state index is 11.0. The van der Waals surface area contributed by atoms with E-state index in [0.29, 0.717) is 0 Å². The second-order valence-corrected chi connectivity index (χ2v) is 4.09. The van der Waals surface area contributed by atoms with Crippen LogP contribution >= 0.6 is 0 Å². The number of nitrogens with zero attached hydrogens (tertiary/aromatic N) is 1. The van der Waals surface area contributed by atoms with E-state index in [4.69, 9.17) is 23.4 Å². The fraction of sp³-hybridized carbons (Fsp3) is 0.545. The molecule has 0 radical (unpaired) electrons. The van der Waals surface area contributed by atoms with Crippen LogP contribution in [-0.4, -0.2) is 23.8 Å². The van der Waals surface area contributed by atoms with Crippen LogP contribution in [0.25, 0.3) is 4.85 Å². The van der Waals surface area contributed by atoms with Gasteiger partial charge in [-0.2, -0.15) is 0 Å². The summed E-state index contributed by atoms with van der Waals surface area (Å²) in [6.07, 6.45) is 5.22. The summed E-state index contributed by atoms with van der Waals surface area (Å²) >= 11 is 0. The fourth-order valence-electron chi connectivity index (χ4n) is 1.93. The maximum absolute atomic E-state index is 11.0. The maximum Gasteiger partial charge on any atom is 0.253 e. The van der Waals surface area contributed by atoms with Gasteiger partial charge >= 0.3 is 0 Å². The second kappa shape index (κ2) is 5.89. The highest BCUT2D eigenvalue weighted by molar-refractivity contribution is 6.18. The van der Waals surface area contributed by atoms with Gasteiger partial charge in [-0.1, -0.05) is 6.42 Å². The number of nitrogens with one attached hydrogen (secondary N) is 2. The van der Waals surface area contributed by atoms with Gasteiger partial charge in [-0.25, -0.2) is 6.57 Å². The van der Waals surface area contributed by atoms with E-state index in [1.165, 1.54) is 6.20 Å². The van der Waals surface area contributed by atoms with Crippen molar-refractivity contribution < 1.29 is 4.79 Å². The average Bonchev–Trinajstić information content (AvgIpc) is 2.29. The quantitative estimate of drug-likeness (QED) is 0.240. The Hall–Kier alpha value is -2.03. The van der Waals surface area contributed by atoms with Crippen LogP contribution in [0.5, 0.6) is 0 Å². The lowest BCUT2D eigenvalue weighted by molar-refractivity contribution is -0.114. The van der Waals surface area contributed by atoms with Crippen LogP contribution < -0.4 is 16.8 Å². The number of nitrogens with two attached hydrogens (primary N) is 2. The molecule has 92 valence electrons. The Labute approximate surface area is 100 Å². The molecule has 1 aliphatic carbocycles. The second-order valence-electron chi connectivity index (χ2n) is 4.09. The van der Waals surface area contributed by atoms with Gasteiger partial charge in [0.1, 0.15) is 11.9 Å². The molecular weight excluding hydrogens is 218 g/mol. The van der Waals surface area contributed by atoms with Gasteiger partial charge in [0.2, 0.25) is 6.04 Å². The van der Waals surface area contributed by atoms with Crippen LogP contribution in [0.4, 0.5) is 0 Å². The molecule has 6 nitrogen and oxygen atoms in total. The molecule has 0 aromatic carbocycles. The number of rotatable bonds is 4. The third kappa shape index (κ3) is 3.48. The van der Waals surface area contributed by atoms with Gasteiger partial charge in [0, 0.05) is 12.6 Å². The molecule has 0 heterocycles. The van der Waals surface area contributed by atoms with Gasteiger partial charge in [0.15, 0.2) is 0 Å². The number of hydrogen-bond acceptors (Lipinski definition) is 3. The molecule has 1 amide bonds. The number of carbonyl (C=O) groups excluding carboxylic acids is 1. The zero-order chi connectivity index (χ0) is 12.8. The molecule has 6 N–H and O–H groups in total. The molecule has 1 fully saturated rings. The molecular formula is C11H17N5O. The lowest BCUT2D eigenvalue weighted by Crippen LogP contribution is -2.39. The molecule has 6 heteroatoms. The largest absolute Gasteiger partial charge is 0.383 e. The highest BCUT2D eigenvalue weighted by Gasteiger charge is 2.28. The zero-order valence-electron chi connectivity index (χ0n) is 9.57. The van der Waals surface area contributed by atoms with E-state index in [-0.39, 0.29) is 23.5 Å². The van der Waals surface area contributed by atoms with Crippen molar-refractivity contribution >= 4 is 11.7 Å². The average molecular weight is 235 g/mol. The standard InChI is InChI=1S/C11H17N5O/c1-15-8-4-2-3-5-9(8)16-6-7(10(12)13)11(14)17/h6,8-9,16H,2-5H2,(H3,12,13)(H2,14,17)/b7-6+/t8-,9?/m0/s1. The molecule has 0 bridgehead atoms. The zero-order valence-corrected chi connectivity index (χ0v) is 9.57. The first-order valence-electron chi connectivity index (χ1n) is 5.53. The summed E-state index contributed by atoms with van der Waals surface area (Å²) in [6.45, 7) is 7.09. The monoisotopic (exact) mass is 235 g/mol. The van der Waals surface area contributed by atoms with Crippen LogP contribution in [-0.2, 0) is 4.79 Å². The Balaban J connectivity index is 2.70. The van der Waals surface area contributed by atoms with E-state index in [9.17, 15) is 4.79 Å². The Kier molecular flexibility index (Phi) is 4.52. The number of carbonyl (C=O) groups is 1. The summed E-state index contributed by atoms with van der Waals surface area (Å²) in [5.41, 5.74) is 10.3. The summed E-state index contributed by atoms with van der Waals surface area (Å²) in [4.78, 5) is 14.6. The van der Waals surface area contributed by atoms with Crippen LogP contribution in [0.2, 0.25) is 0 Å². The van der Waals surface area contributed by atoms with Crippen LogP contribution in [0.3, 0.4) is 0 Å². The summed E-state index contributed by atoms with van der Waals surface area (Å²) in [6, 6.07) is -0.0731. The van der Waals surface area contributed by atoms with Crippen molar-refractivity contribution in [3.05, 3.63) is 23.2 Å². The SMILES string of the molecule is [C-]#[N+][C@H]1CCCCC1N/C=C(\C(=N)N)C(N)=O. The molecule has 0 saturated heterocycles. The molecule has 1 unspecified atom stereocenters. The van der Waals surface area contributed by atoms with E-state index in [1.807, 2.05) is 0 Å². The van der Waals surface area contributed by atoms with Crippen molar-refractivity contribution in [2.24, 2.45) is 11.5 Å². The first-order chi connectivity index (χ1) is 8.06. The van der Waals surface area contributed by atoms with Gasteiger partial charge in [-0.15, -0.1) is 0 Å². The number of amides is 1. The predicted octanol–water partition coefficient (Wildman–Crippen LogP) is 0.112. The van der Waals surface area contributed by atoms with E-state index in [2.05, 4.69) is 10.2 Å². The molecule has 1 rings (SSSR count). The minimum Gasteiger partial charge on any atom is -0.383 e. The van der Waals surface area contributed by atoms with E-state index >= 15 is 0 Å². The lowest BCUT2D eigenvalue weighted by Gasteiger charge is -2.23. The minimum atomic E-state index is -0.736. The van der Waals surface area contributed by atoms with Gasteiger partial charge in [0.05, 0.1) is 5.57 Å². The number of amidine groups is 1. The molecule has 1 aliphatic rings. The molecule has 0 aromatic rings. The molecule has 0 aliphatic heterocycles. The van der Waals surface area contributed by atoms with E-state index in [1.54, 1.807) is 0 Å². The third-order valence-electron chi connectivity index (χ3n) is 2.89. The number of primary amides is 1. The molecule has 0 spiro atoms. The van der Waals surface area contributed by atoms with Gasteiger partial charge in [-0.05, 0) is 12.8 Å². The van der Waals surface area contributed by atoms with E-state index < -0.39 is 5.91 Å². The Bertz CT molecular complexity index is 366. The minimum absolute atomic E-state index is 0.00921. The van der Waals surface area contributed by atoms with Crippen LogP contribution in [0.1, 0.15) is 25.7 Å². The first-order valence-corrected chi connectivity index (χ1v) is 5.53. The van der Waals surface area contributed by atoms with Gasteiger partial charge in [-0.3, -0.25) is 10.2 Å². The Morgan fingerprint density at radius 1 is 1.41 bits per heavy atom. The highest BCUT2D eigenvalue weighted by Crippen LogP contribution is 2.21. The smallest absolute Gasteiger partial charge is 0.253 e. The summed E-state index contributed by atoms with van der Waals surface area (Å²) in [5.74, 6) is -1.10. The van der Waals surface area contributed by atoms with Crippen molar-refractivity contribution in [3.8, 4) is 0 Å². The first kappa shape index (κ1) is 13.0. The molecule has 0 aromatic heterocycles. The summed E-state index contributed by atoms with van der Waals surface area (Å²) < 4.78 is 0. The molecule has 1 saturated carbocycles. The predicted molar refractivity (Wildman–Crippen MR) is 65.0 cm³/mol. The van der Waals surface area contributed by atoms with Crippen LogP contribution in [0.15, 0.2) is 11.8 Å². The highest BCUT2D eigenvalue weighted by atomic mass is 16.1. The van der Waals surface area contributed by atoms with Gasteiger partial charge < -0.3 is 21.6 Å². The van der Waals surface area contributed by atoms with Crippen molar-refractivity contribution in [1.29, 1.82) is 5.41 Å². The van der Waals surface area contributed by atoms with Crippen molar-refractivity contribution in [2.75, 3.05) is 0 Å². The fourth-order valence-corrected chi connectivity index (χ4v) is 1.93. The Morgan fingerprint density at radius 3 is 2.59 bits per heavy atom. The molecule has 2 atom stereocenters. The lowest BCUT2D eigenvalue weighted by atomic mass is 9.91. The van der Waals surface area contributed by atoms with Crippen LogP contribution in [0, 0.1) is 12.0 Å². The summed E-state index contributed by atoms with van der Waals surface area (Å²) in [7, 11) is 0. The third-order valence-corrected chi connectivity index (χ3v) is 2.89. The van der Waals surface area contributed by atoms with Crippen molar-refractivity contribution in [3.63, 3.8) is 0 Å². The van der Waals surface area contributed by atoms with Gasteiger partial charge in [0.25, 0.3) is 5.91 Å². The topological polar surface area (TPSA) is 109 Å². The van der Waals surface area contributed by atoms with Crippen molar-refractivity contribution in [1.82, 2.24) is 5.32 Å². The normalized spacial score (nSPS) is 24.8. The number of hydrogen-bond donors (Lipinski definition) is 4. The Morgan fingerprint density at radius 2 is 2.06 bits per heavy atom. The molecule has 17 heavy (non-hydrogen) atoms. The van der Waals surface area contributed by atoms with Crippen molar-refractivity contribution in [2.45, 2.75) is 37.8 Å². The van der Waals surface area contributed by atoms with E-state index in [0.717, 1.165) is 25.7 Å².